The summed E-state index contributed by atoms with van der Waals surface area (Å²) in [5.74, 6) is -0.618. The summed E-state index contributed by atoms with van der Waals surface area (Å²) in [5, 5.41) is 2.44. The molecule has 0 radical (unpaired) electrons. The van der Waals surface area contributed by atoms with Crippen LogP contribution in [0.4, 0.5) is 4.79 Å². The first kappa shape index (κ1) is 18.5. The second-order valence-electron chi connectivity index (χ2n) is 5.34. The van der Waals surface area contributed by atoms with E-state index in [9.17, 15) is 9.59 Å². The third-order valence-electron chi connectivity index (χ3n) is 3.41. The van der Waals surface area contributed by atoms with Crippen molar-refractivity contribution in [3.05, 3.63) is 71.8 Å². The number of methoxy groups -OCH3 is 1. The van der Waals surface area contributed by atoms with Gasteiger partial charge in [0, 0.05) is 12.7 Å². The lowest BCUT2D eigenvalue weighted by molar-refractivity contribution is -0.177. The van der Waals surface area contributed by atoms with Crippen LogP contribution in [-0.2, 0) is 25.6 Å². The lowest BCUT2D eigenvalue weighted by Crippen LogP contribution is -2.40. The minimum absolute atomic E-state index is 0.124. The minimum Gasteiger partial charge on any atom is -0.445 e. The van der Waals surface area contributed by atoms with Gasteiger partial charge in [-0.25, -0.2) is 9.59 Å². The van der Waals surface area contributed by atoms with Crippen molar-refractivity contribution in [2.45, 2.75) is 25.9 Å². The fourth-order valence-corrected chi connectivity index (χ4v) is 2.07. The molecular weight excluding hydrogens is 322 g/mol. The van der Waals surface area contributed by atoms with Crippen LogP contribution in [0.25, 0.3) is 0 Å². The molecule has 0 fully saturated rings. The summed E-state index contributed by atoms with van der Waals surface area (Å²) in [6, 6.07) is 17.4. The number of esters is 1. The van der Waals surface area contributed by atoms with Crippen LogP contribution in [0.5, 0.6) is 0 Å². The molecule has 0 spiro atoms. The van der Waals surface area contributed by atoms with Crippen molar-refractivity contribution in [2.24, 2.45) is 0 Å². The lowest BCUT2D eigenvalue weighted by Gasteiger charge is -2.19. The quantitative estimate of drug-likeness (QED) is 0.617. The summed E-state index contributed by atoms with van der Waals surface area (Å²) < 4.78 is 15.5. The summed E-state index contributed by atoms with van der Waals surface area (Å²) in [7, 11) is 1.44. The van der Waals surface area contributed by atoms with E-state index in [0.717, 1.165) is 5.56 Å². The summed E-state index contributed by atoms with van der Waals surface area (Å²) in [4.78, 5) is 23.9. The lowest BCUT2D eigenvalue weighted by atomic mass is 10.2. The van der Waals surface area contributed by atoms with E-state index >= 15 is 0 Å². The number of carbonyl (C=O) groups excluding carboxylic acids is 2. The number of alkyl carbamates (subject to hydrolysis) is 1. The van der Waals surface area contributed by atoms with Crippen molar-refractivity contribution >= 4 is 12.1 Å². The van der Waals surface area contributed by atoms with E-state index in [1.54, 1.807) is 12.1 Å². The van der Waals surface area contributed by atoms with Crippen molar-refractivity contribution in [3.63, 3.8) is 0 Å². The topological polar surface area (TPSA) is 73.9 Å². The fourth-order valence-electron chi connectivity index (χ4n) is 2.07. The Morgan fingerprint density at radius 2 is 1.60 bits per heavy atom. The summed E-state index contributed by atoms with van der Waals surface area (Å²) >= 11 is 0. The Balaban J connectivity index is 1.81. The van der Waals surface area contributed by atoms with Crippen LogP contribution in [0.3, 0.4) is 0 Å². The largest absolute Gasteiger partial charge is 0.445 e. The molecule has 6 heteroatoms. The van der Waals surface area contributed by atoms with Crippen molar-refractivity contribution in [3.8, 4) is 0 Å². The van der Waals surface area contributed by atoms with Crippen LogP contribution in [0.1, 0.15) is 24.3 Å². The van der Waals surface area contributed by atoms with Gasteiger partial charge in [-0.2, -0.15) is 0 Å². The first-order valence-electron chi connectivity index (χ1n) is 7.85. The molecule has 1 N–H and O–H groups in total. The zero-order chi connectivity index (χ0) is 18.1. The van der Waals surface area contributed by atoms with Gasteiger partial charge in [-0.1, -0.05) is 60.7 Å². The van der Waals surface area contributed by atoms with E-state index in [4.69, 9.17) is 14.2 Å². The first-order chi connectivity index (χ1) is 12.1. The smallest absolute Gasteiger partial charge is 0.408 e. The predicted molar refractivity (Wildman–Crippen MR) is 91.5 cm³/mol. The molecule has 0 aromatic heterocycles. The Morgan fingerprint density at radius 3 is 2.20 bits per heavy atom. The van der Waals surface area contributed by atoms with Gasteiger partial charge in [0.05, 0.1) is 0 Å². The van der Waals surface area contributed by atoms with E-state index in [2.05, 4.69) is 5.32 Å². The SMILES string of the molecule is COC(OC(=O)[C@H](C)NC(=O)OCc1ccccc1)c1ccccc1. The summed E-state index contributed by atoms with van der Waals surface area (Å²) in [6.45, 7) is 1.64. The van der Waals surface area contributed by atoms with Crippen LogP contribution in [0.2, 0.25) is 0 Å². The van der Waals surface area contributed by atoms with Crippen LogP contribution < -0.4 is 5.32 Å². The Labute approximate surface area is 146 Å². The average molecular weight is 343 g/mol. The van der Waals surface area contributed by atoms with E-state index in [1.165, 1.54) is 14.0 Å². The number of benzene rings is 2. The minimum atomic E-state index is -0.871. The summed E-state index contributed by atoms with van der Waals surface area (Å²) in [5.41, 5.74) is 1.56. The Morgan fingerprint density at radius 1 is 1.00 bits per heavy atom. The molecule has 2 atom stereocenters. The van der Waals surface area contributed by atoms with Crippen molar-refractivity contribution in [1.82, 2.24) is 5.32 Å². The van der Waals surface area contributed by atoms with Gasteiger partial charge in [0.1, 0.15) is 12.6 Å². The zero-order valence-electron chi connectivity index (χ0n) is 14.2. The van der Waals surface area contributed by atoms with E-state index < -0.39 is 24.4 Å². The molecule has 0 heterocycles. The number of nitrogens with one attached hydrogen (secondary N) is 1. The Hall–Kier alpha value is -2.86. The highest BCUT2D eigenvalue weighted by Gasteiger charge is 2.22. The number of hydrogen-bond acceptors (Lipinski definition) is 5. The number of amides is 1. The molecule has 0 aliphatic rings. The maximum atomic E-state index is 12.1. The van der Waals surface area contributed by atoms with Gasteiger partial charge in [-0.3, -0.25) is 0 Å². The number of ether oxygens (including phenoxy) is 3. The summed E-state index contributed by atoms with van der Waals surface area (Å²) in [6.07, 6.45) is -1.53. The molecular formula is C19H21NO5. The normalized spacial score (nSPS) is 12.7. The maximum Gasteiger partial charge on any atom is 0.408 e. The number of rotatable bonds is 7. The van der Waals surface area contributed by atoms with Gasteiger partial charge in [-0.05, 0) is 12.5 Å². The second kappa shape index (κ2) is 9.44. The van der Waals surface area contributed by atoms with Crippen LogP contribution in [-0.4, -0.2) is 25.2 Å². The molecule has 0 bridgehead atoms. The molecule has 1 amide bonds. The van der Waals surface area contributed by atoms with Gasteiger partial charge in [0.2, 0.25) is 6.29 Å². The van der Waals surface area contributed by atoms with Gasteiger partial charge in [-0.15, -0.1) is 0 Å². The number of carbonyl (C=O) groups is 2. The van der Waals surface area contributed by atoms with E-state index in [0.29, 0.717) is 5.56 Å². The van der Waals surface area contributed by atoms with Gasteiger partial charge >= 0.3 is 12.1 Å². The van der Waals surface area contributed by atoms with E-state index in [-0.39, 0.29) is 6.61 Å². The van der Waals surface area contributed by atoms with Gasteiger partial charge in [0.25, 0.3) is 0 Å². The van der Waals surface area contributed by atoms with Crippen molar-refractivity contribution in [2.75, 3.05) is 7.11 Å². The molecule has 0 aliphatic heterocycles. The van der Waals surface area contributed by atoms with Crippen LogP contribution in [0, 0.1) is 0 Å². The predicted octanol–water partition coefficient (Wildman–Crippen LogP) is 3.19. The molecule has 0 aliphatic carbocycles. The van der Waals surface area contributed by atoms with Crippen molar-refractivity contribution < 1.29 is 23.8 Å². The fraction of sp³-hybridized carbons (Fsp3) is 0.263. The van der Waals surface area contributed by atoms with Crippen LogP contribution >= 0.6 is 0 Å². The van der Waals surface area contributed by atoms with E-state index in [1.807, 2.05) is 48.5 Å². The molecule has 2 aromatic carbocycles. The number of hydrogen-bond donors (Lipinski definition) is 1. The molecule has 2 aromatic rings. The van der Waals surface area contributed by atoms with Gasteiger partial charge < -0.3 is 19.5 Å². The highest BCUT2D eigenvalue weighted by Crippen LogP contribution is 2.18. The molecule has 2 rings (SSSR count). The monoisotopic (exact) mass is 343 g/mol. The Kier molecular flexibility index (Phi) is 6.98. The highest BCUT2D eigenvalue weighted by atomic mass is 16.7. The molecule has 132 valence electrons. The first-order valence-corrected chi connectivity index (χ1v) is 7.85. The van der Waals surface area contributed by atoms with Crippen molar-refractivity contribution in [1.29, 1.82) is 0 Å². The molecule has 1 unspecified atom stereocenters. The Bertz CT molecular complexity index is 675. The molecule has 6 nitrogen and oxygen atoms in total. The maximum absolute atomic E-state index is 12.1. The zero-order valence-corrected chi connectivity index (χ0v) is 14.2. The molecule has 25 heavy (non-hydrogen) atoms. The highest BCUT2D eigenvalue weighted by molar-refractivity contribution is 5.81. The van der Waals surface area contributed by atoms with Gasteiger partial charge in [0.15, 0.2) is 0 Å². The third-order valence-corrected chi connectivity index (χ3v) is 3.41. The standard InChI is InChI=1S/C19H21NO5/c1-14(20-19(22)24-13-15-9-5-3-6-10-15)17(21)25-18(23-2)16-11-7-4-8-12-16/h3-12,14,18H,13H2,1-2H3,(H,20,22)/t14-,18?/m0/s1. The third kappa shape index (κ3) is 5.93. The van der Waals surface area contributed by atoms with Crippen LogP contribution in [0.15, 0.2) is 60.7 Å². The average Bonchev–Trinajstić information content (AvgIpc) is 2.65. The second-order valence-corrected chi connectivity index (χ2v) is 5.34. The molecule has 0 saturated carbocycles. The molecule has 0 saturated heterocycles.